The molecule has 8 nitrogen and oxygen atoms in total. The minimum Gasteiger partial charge on any atom is -0.480 e. The van der Waals surface area contributed by atoms with E-state index in [1.54, 1.807) is 17.9 Å². The summed E-state index contributed by atoms with van der Waals surface area (Å²) in [5, 5.41) is 26.3. The Morgan fingerprint density at radius 2 is 2.26 bits per heavy atom. The summed E-state index contributed by atoms with van der Waals surface area (Å²) in [6.45, 7) is 0.0725. The van der Waals surface area contributed by atoms with E-state index in [4.69, 9.17) is 10.2 Å². The molecule has 0 saturated carbocycles. The standard InChI is InChI=1S/C11H18N4O4/c1-15-8(3-6-13-15)2-5-12-11(19)14-9(4-7-16)10(17)18/h3,6,9,16H,2,4-5,7H2,1H3,(H,17,18)(H2,12,14,19)/t9-/m0/s1. The summed E-state index contributed by atoms with van der Waals surface area (Å²) in [6, 6.07) is 0.190. The van der Waals surface area contributed by atoms with Crippen molar-refractivity contribution in [1.29, 1.82) is 0 Å². The third-order valence-corrected chi connectivity index (χ3v) is 2.61. The highest BCUT2D eigenvalue weighted by molar-refractivity contribution is 5.82. The lowest BCUT2D eigenvalue weighted by molar-refractivity contribution is -0.139. The monoisotopic (exact) mass is 270 g/mol. The van der Waals surface area contributed by atoms with Gasteiger partial charge in [0.05, 0.1) is 0 Å². The van der Waals surface area contributed by atoms with Gasteiger partial charge in [-0.1, -0.05) is 0 Å². The van der Waals surface area contributed by atoms with Crippen LogP contribution in [-0.2, 0) is 18.3 Å². The van der Waals surface area contributed by atoms with E-state index in [-0.39, 0.29) is 13.0 Å². The SMILES string of the molecule is Cn1nccc1CCNC(=O)N[C@@H](CCO)C(=O)O. The Labute approximate surface area is 110 Å². The van der Waals surface area contributed by atoms with Gasteiger partial charge in [0, 0.05) is 44.9 Å². The maximum atomic E-state index is 11.5. The van der Waals surface area contributed by atoms with Gasteiger partial charge < -0.3 is 20.8 Å². The fourth-order valence-corrected chi connectivity index (χ4v) is 1.55. The fourth-order valence-electron chi connectivity index (χ4n) is 1.55. The molecule has 0 spiro atoms. The molecule has 0 fully saturated rings. The first kappa shape index (κ1) is 15.0. The van der Waals surface area contributed by atoms with E-state index in [1.807, 2.05) is 6.07 Å². The van der Waals surface area contributed by atoms with Crippen LogP contribution in [0.25, 0.3) is 0 Å². The predicted octanol–water partition coefficient (Wildman–Crippen LogP) is -0.903. The van der Waals surface area contributed by atoms with Crippen LogP contribution in [0.3, 0.4) is 0 Å². The van der Waals surface area contributed by atoms with Crippen molar-refractivity contribution in [3.63, 3.8) is 0 Å². The van der Waals surface area contributed by atoms with Crippen molar-refractivity contribution in [2.24, 2.45) is 7.05 Å². The number of hydrogen-bond acceptors (Lipinski definition) is 4. The highest BCUT2D eigenvalue weighted by Crippen LogP contribution is 1.96. The lowest BCUT2D eigenvalue weighted by Gasteiger charge is -2.13. The van der Waals surface area contributed by atoms with Gasteiger partial charge in [-0.25, -0.2) is 9.59 Å². The summed E-state index contributed by atoms with van der Waals surface area (Å²) in [5.74, 6) is -1.17. The number of aliphatic hydroxyl groups is 1. The lowest BCUT2D eigenvalue weighted by atomic mass is 10.2. The molecule has 19 heavy (non-hydrogen) atoms. The molecule has 0 aromatic carbocycles. The smallest absolute Gasteiger partial charge is 0.326 e. The van der Waals surface area contributed by atoms with Gasteiger partial charge in [-0.2, -0.15) is 5.10 Å². The Bertz CT molecular complexity index is 432. The maximum absolute atomic E-state index is 11.5. The van der Waals surface area contributed by atoms with Gasteiger partial charge in [-0.15, -0.1) is 0 Å². The number of aliphatic hydroxyl groups excluding tert-OH is 1. The number of carbonyl (C=O) groups is 2. The van der Waals surface area contributed by atoms with Crippen LogP contribution in [0.1, 0.15) is 12.1 Å². The van der Waals surface area contributed by atoms with Crippen molar-refractivity contribution in [3.05, 3.63) is 18.0 Å². The van der Waals surface area contributed by atoms with Crippen molar-refractivity contribution < 1.29 is 19.8 Å². The highest BCUT2D eigenvalue weighted by atomic mass is 16.4. The van der Waals surface area contributed by atoms with E-state index >= 15 is 0 Å². The zero-order chi connectivity index (χ0) is 14.3. The third kappa shape index (κ3) is 4.96. The van der Waals surface area contributed by atoms with Gasteiger partial charge in [0.1, 0.15) is 6.04 Å². The topological polar surface area (TPSA) is 116 Å². The van der Waals surface area contributed by atoms with E-state index < -0.39 is 18.0 Å². The molecule has 106 valence electrons. The Hall–Kier alpha value is -2.09. The number of amides is 2. The zero-order valence-corrected chi connectivity index (χ0v) is 10.7. The van der Waals surface area contributed by atoms with Gasteiger partial charge in [-0.05, 0) is 6.07 Å². The first-order valence-electron chi connectivity index (χ1n) is 5.89. The molecule has 1 atom stereocenters. The third-order valence-electron chi connectivity index (χ3n) is 2.61. The second kappa shape index (κ2) is 7.37. The average Bonchev–Trinajstić information content (AvgIpc) is 2.74. The van der Waals surface area contributed by atoms with Crippen LogP contribution in [0.4, 0.5) is 4.79 Å². The number of nitrogens with one attached hydrogen (secondary N) is 2. The van der Waals surface area contributed by atoms with Crippen molar-refractivity contribution in [3.8, 4) is 0 Å². The number of rotatable bonds is 7. The fraction of sp³-hybridized carbons (Fsp3) is 0.545. The molecule has 0 aliphatic rings. The second-order valence-electron chi connectivity index (χ2n) is 4.00. The van der Waals surface area contributed by atoms with Gasteiger partial charge >= 0.3 is 12.0 Å². The zero-order valence-electron chi connectivity index (χ0n) is 10.7. The predicted molar refractivity (Wildman–Crippen MR) is 66.6 cm³/mol. The molecule has 2 amide bonds. The van der Waals surface area contributed by atoms with Crippen LogP contribution in [0.15, 0.2) is 12.3 Å². The molecular formula is C11H18N4O4. The molecule has 0 aliphatic heterocycles. The number of carboxylic acid groups (broad SMARTS) is 1. The quantitative estimate of drug-likeness (QED) is 0.512. The van der Waals surface area contributed by atoms with E-state index in [2.05, 4.69) is 15.7 Å². The molecule has 1 rings (SSSR count). The molecule has 0 radical (unpaired) electrons. The molecule has 1 aromatic rings. The Morgan fingerprint density at radius 3 is 2.79 bits per heavy atom. The second-order valence-corrected chi connectivity index (χ2v) is 4.00. The van der Waals surface area contributed by atoms with Gasteiger partial charge in [-0.3, -0.25) is 4.68 Å². The number of aromatic nitrogens is 2. The normalized spacial score (nSPS) is 11.9. The maximum Gasteiger partial charge on any atom is 0.326 e. The summed E-state index contributed by atoms with van der Waals surface area (Å²) < 4.78 is 1.70. The summed E-state index contributed by atoms with van der Waals surface area (Å²) in [5.41, 5.74) is 0.963. The van der Waals surface area contributed by atoms with Crippen LogP contribution in [0.5, 0.6) is 0 Å². The Balaban J connectivity index is 2.31. The van der Waals surface area contributed by atoms with Crippen LogP contribution in [-0.4, -0.2) is 51.2 Å². The van der Waals surface area contributed by atoms with Crippen LogP contribution < -0.4 is 10.6 Å². The molecule has 0 bridgehead atoms. The molecule has 0 saturated heterocycles. The number of hydrogen-bond donors (Lipinski definition) is 4. The Kier molecular flexibility index (Phi) is 5.80. The molecule has 8 heteroatoms. The van der Waals surface area contributed by atoms with E-state index in [0.717, 1.165) is 5.69 Å². The van der Waals surface area contributed by atoms with E-state index in [1.165, 1.54) is 0 Å². The van der Waals surface area contributed by atoms with Gasteiger partial charge in [0.15, 0.2) is 0 Å². The van der Waals surface area contributed by atoms with E-state index in [9.17, 15) is 9.59 Å². The van der Waals surface area contributed by atoms with Crippen LogP contribution in [0.2, 0.25) is 0 Å². The molecule has 0 aliphatic carbocycles. The Morgan fingerprint density at radius 1 is 1.53 bits per heavy atom. The molecule has 4 N–H and O–H groups in total. The molecule has 1 aromatic heterocycles. The van der Waals surface area contributed by atoms with Gasteiger partial charge in [0.2, 0.25) is 0 Å². The van der Waals surface area contributed by atoms with Crippen molar-refractivity contribution in [2.45, 2.75) is 18.9 Å². The summed E-state index contributed by atoms with van der Waals surface area (Å²) in [4.78, 5) is 22.2. The summed E-state index contributed by atoms with van der Waals surface area (Å²) in [6.07, 6.45) is 2.24. The van der Waals surface area contributed by atoms with Crippen LogP contribution in [0, 0.1) is 0 Å². The number of aliphatic carboxylic acids is 1. The number of carboxylic acids is 1. The minimum atomic E-state index is -1.17. The first-order chi connectivity index (χ1) is 9.04. The number of aryl methyl sites for hydroxylation is 1. The highest BCUT2D eigenvalue weighted by Gasteiger charge is 2.18. The van der Waals surface area contributed by atoms with Crippen molar-refractivity contribution in [2.75, 3.05) is 13.2 Å². The molecule has 1 heterocycles. The number of nitrogens with zero attached hydrogens (tertiary/aromatic N) is 2. The summed E-state index contributed by atoms with van der Waals surface area (Å²) in [7, 11) is 1.80. The lowest BCUT2D eigenvalue weighted by Crippen LogP contribution is -2.46. The molecular weight excluding hydrogens is 252 g/mol. The van der Waals surface area contributed by atoms with Crippen molar-refractivity contribution in [1.82, 2.24) is 20.4 Å². The average molecular weight is 270 g/mol. The largest absolute Gasteiger partial charge is 0.480 e. The number of carbonyl (C=O) groups excluding carboxylic acids is 1. The minimum absolute atomic E-state index is 0.0233. The van der Waals surface area contributed by atoms with E-state index in [0.29, 0.717) is 13.0 Å². The molecule has 0 unspecified atom stereocenters. The van der Waals surface area contributed by atoms with Crippen LogP contribution >= 0.6 is 0 Å². The first-order valence-corrected chi connectivity index (χ1v) is 5.89. The van der Waals surface area contributed by atoms with Crippen molar-refractivity contribution >= 4 is 12.0 Å². The van der Waals surface area contributed by atoms with Gasteiger partial charge in [0.25, 0.3) is 0 Å². The summed E-state index contributed by atoms with van der Waals surface area (Å²) >= 11 is 0. The number of urea groups is 1.